The van der Waals surface area contributed by atoms with E-state index in [2.05, 4.69) is 63.7 Å². The molecule has 2 heterocycles. The molecule has 0 bridgehead atoms. The zero-order valence-corrected chi connectivity index (χ0v) is 13.8. The van der Waals surface area contributed by atoms with Gasteiger partial charge in [-0.1, -0.05) is 25.2 Å². The zero-order chi connectivity index (χ0) is 13.1. The van der Waals surface area contributed by atoms with Gasteiger partial charge in [-0.15, -0.1) is 21.5 Å². The third-order valence-corrected chi connectivity index (χ3v) is 5.36. The third kappa shape index (κ3) is 3.52. The Morgan fingerprint density at radius 1 is 1.33 bits per heavy atom. The Labute approximate surface area is 124 Å². The summed E-state index contributed by atoms with van der Waals surface area (Å²) in [7, 11) is 0. The first-order chi connectivity index (χ1) is 8.56. The van der Waals surface area contributed by atoms with Crippen molar-refractivity contribution < 1.29 is 0 Å². The van der Waals surface area contributed by atoms with E-state index < -0.39 is 0 Å². The van der Waals surface area contributed by atoms with Crippen LogP contribution in [-0.2, 0) is 6.42 Å². The Bertz CT molecular complexity index is 507. The minimum atomic E-state index is 0.249. The van der Waals surface area contributed by atoms with Gasteiger partial charge in [0.05, 0.1) is 6.04 Å². The molecule has 98 valence electrons. The normalized spacial score (nSPS) is 12.9. The van der Waals surface area contributed by atoms with E-state index in [0.717, 1.165) is 21.0 Å². The monoisotopic (exact) mass is 345 g/mol. The lowest BCUT2D eigenvalue weighted by Crippen LogP contribution is -2.04. The van der Waals surface area contributed by atoms with Gasteiger partial charge in [0.1, 0.15) is 5.01 Å². The molecule has 1 N–H and O–H groups in total. The fourth-order valence-corrected chi connectivity index (χ4v) is 4.37. The van der Waals surface area contributed by atoms with E-state index in [0.29, 0.717) is 5.92 Å². The van der Waals surface area contributed by atoms with Gasteiger partial charge in [0, 0.05) is 15.8 Å². The van der Waals surface area contributed by atoms with Crippen molar-refractivity contribution in [3.63, 3.8) is 0 Å². The van der Waals surface area contributed by atoms with Crippen LogP contribution in [0.1, 0.15) is 36.7 Å². The molecule has 2 rings (SSSR count). The fourth-order valence-electron chi connectivity index (χ4n) is 1.61. The highest BCUT2D eigenvalue weighted by molar-refractivity contribution is 9.10. The summed E-state index contributed by atoms with van der Waals surface area (Å²) in [5, 5.41) is 15.9. The molecule has 0 aromatic carbocycles. The smallest absolute Gasteiger partial charge is 0.206 e. The number of aromatic nitrogens is 2. The molecule has 0 spiro atoms. The van der Waals surface area contributed by atoms with Crippen molar-refractivity contribution in [3.8, 4) is 0 Å². The van der Waals surface area contributed by atoms with Gasteiger partial charge in [0.25, 0.3) is 0 Å². The number of rotatable bonds is 5. The molecule has 0 aliphatic heterocycles. The number of nitrogens with zero attached hydrogens (tertiary/aromatic N) is 2. The van der Waals surface area contributed by atoms with Gasteiger partial charge < -0.3 is 5.32 Å². The van der Waals surface area contributed by atoms with Crippen molar-refractivity contribution in [2.45, 2.75) is 33.2 Å². The van der Waals surface area contributed by atoms with Crippen molar-refractivity contribution in [2.75, 3.05) is 5.32 Å². The van der Waals surface area contributed by atoms with Gasteiger partial charge in [-0.2, -0.15) is 0 Å². The standard InChI is InChI=1S/C12H16BrN3S2/c1-7(2)6-10-15-16-12(18-10)14-8(3)11-9(13)4-5-17-11/h4-5,7-8H,6H2,1-3H3,(H,14,16). The molecule has 0 amide bonds. The maximum absolute atomic E-state index is 4.21. The quantitative estimate of drug-likeness (QED) is 0.850. The van der Waals surface area contributed by atoms with E-state index in [-0.39, 0.29) is 6.04 Å². The lowest BCUT2D eigenvalue weighted by molar-refractivity contribution is 0.640. The van der Waals surface area contributed by atoms with Crippen LogP contribution in [0, 0.1) is 5.92 Å². The average molecular weight is 346 g/mol. The van der Waals surface area contributed by atoms with Crippen LogP contribution in [0.4, 0.5) is 5.13 Å². The van der Waals surface area contributed by atoms with Crippen molar-refractivity contribution in [1.29, 1.82) is 0 Å². The number of anilines is 1. The molecule has 0 saturated heterocycles. The van der Waals surface area contributed by atoms with E-state index in [9.17, 15) is 0 Å². The Morgan fingerprint density at radius 3 is 2.72 bits per heavy atom. The first-order valence-corrected chi connectivity index (χ1v) is 8.37. The fraction of sp³-hybridized carbons (Fsp3) is 0.500. The largest absolute Gasteiger partial charge is 0.353 e. The molecule has 0 radical (unpaired) electrons. The molecule has 0 fully saturated rings. The Kier molecular flexibility index (Phi) is 4.75. The second kappa shape index (κ2) is 6.12. The molecule has 0 saturated carbocycles. The summed E-state index contributed by atoms with van der Waals surface area (Å²) in [5.41, 5.74) is 0. The second-order valence-corrected chi connectivity index (χ2v) is 7.46. The van der Waals surface area contributed by atoms with Gasteiger partial charge in [-0.25, -0.2) is 0 Å². The van der Waals surface area contributed by atoms with Crippen LogP contribution >= 0.6 is 38.6 Å². The van der Waals surface area contributed by atoms with Gasteiger partial charge in [-0.05, 0) is 40.2 Å². The summed E-state index contributed by atoms with van der Waals surface area (Å²) in [6, 6.07) is 2.32. The van der Waals surface area contributed by atoms with Crippen molar-refractivity contribution in [2.24, 2.45) is 5.92 Å². The topological polar surface area (TPSA) is 37.8 Å². The van der Waals surface area contributed by atoms with E-state index >= 15 is 0 Å². The number of hydrogen-bond donors (Lipinski definition) is 1. The maximum Gasteiger partial charge on any atom is 0.206 e. The first-order valence-electron chi connectivity index (χ1n) is 5.88. The van der Waals surface area contributed by atoms with Crippen LogP contribution in [0.3, 0.4) is 0 Å². The van der Waals surface area contributed by atoms with E-state index in [1.807, 2.05) is 0 Å². The highest BCUT2D eigenvalue weighted by Gasteiger charge is 2.13. The van der Waals surface area contributed by atoms with Gasteiger partial charge in [0.2, 0.25) is 5.13 Å². The molecular weight excluding hydrogens is 330 g/mol. The third-order valence-electron chi connectivity index (χ3n) is 2.43. The molecular formula is C12H16BrN3S2. The summed E-state index contributed by atoms with van der Waals surface area (Å²) in [6.45, 7) is 6.53. The minimum absolute atomic E-state index is 0.249. The summed E-state index contributed by atoms with van der Waals surface area (Å²) >= 11 is 6.95. The molecule has 0 aliphatic carbocycles. The Morgan fingerprint density at radius 2 is 2.11 bits per heavy atom. The van der Waals surface area contributed by atoms with Gasteiger partial charge in [-0.3, -0.25) is 0 Å². The highest BCUT2D eigenvalue weighted by Crippen LogP contribution is 2.31. The summed E-state index contributed by atoms with van der Waals surface area (Å²) < 4.78 is 1.15. The molecule has 6 heteroatoms. The molecule has 18 heavy (non-hydrogen) atoms. The van der Waals surface area contributed by atoms with Crippen LogP contribution in [0.25, 0.3) is 0 Å². The molecule has 1 atom stereocenters. The molecule has 3 nitrogen and oxygen atoms in total. The highest BCUT2D eigenvalue weighted by atomic mass is 79.9. The summed E-state index contributed by atoms with van der Waals surface area (Å²) in [5.74, 6) is 0.620. The number of halogens is 1. The SMILES string of the molecule is CC(C)Cc1nnc(NC(C)c2sccc2Br)s1. The molecule has 2 aromatic rings. The van der Waals surface area contributed by atoms with E-state index in [4.69, 9.17) is 0 Å². The number of thiophene rings is 1. The van der Waals surface area contributed by atoms with Crippen LogP contribution in [0.2, 0.25) is 0 Å². The molecule has 1 unspecified atom stereocenters. The van der Waals surface area contributed by atoms with Gasteiger partial charge >= 0.3 is 0 Å². The van der Waals surface area contributed by atoms with E-state index in [1.165, 1.54) is 4.88 Å². The lowest BCUT2D eigenvalue weighted by Gasteiger charge is -2.10. The Balaban J connectivity index is 2.01. The van der Waals surface area contributed by atoms with E-state index in [1.54, 1.807) is 22.7 Å². The van der Waals surface area contributed by atoms with Crippen LogP contribution < -0.4 is 5.32 Å². The summed E-state index contributed by atoms with van der Waals surface area (Å²) in [4.78, 5) is 1.29. The molecule has 2 aromatic heterocycles. The van der Waals surface area contributed by atoms with Gasteiger partial charge in [0.15, 0.2) is 0 Å². The minimum Gasteiger partial charge on any atom is -0.353 e. The first kappa shape index (κ1) is 14.0. The van der Waals surface area contributed by atoms with Crippen molar-refractivity contribution >= 4 is 43.7 Å². The lowest BCUT2D eigenvalue weighted by atomic mass is 10.1. The zero-order valence-electron chi connectivity index (χ0n) is 10.6. The molecule has 0 aliphatic rings. The van der Waals surface area contributed by atoms with Crippen LogP contribution in [-0.4, -0.2) is 10.2 Å². The summed E-state index contributed by atoms with van der Waals surface area (Å²) in [6.07, 6.45) is 0.996. The van der Waals surface area contributed by atoms with Crippen molar-refractivity contribution in [3.05, 3.63) is 25.8 Å². The van der Waals surface area contributed by atoms with Crippen LogP contribution in [0.5, 0.6) is 0 Å². The van der Waals surface area contributed by atoms with Crippen molar-refractivity contribution in [1.82, 2.24) is 10.2 Å². The Hall–Kier alpha value is -0.460. The number of hydrogen-bond acceptors (Lipinski definition) is 5. The second-order valence-electron chi connectivity index (χ2n) is 4.60. The predicted molar refractivity (Wildman–Crippen MR) is 82.5 cm³/mol. The number of nitrogens with one attached hydrogen (secondary N) is 1. The predicted octanol–water partition coefficient (Wildman–Crippen LogP) is 4.73. The maximum atomic E-state index is 4.21. The van der Waals surface area contributed by atoms with Crippen LogP contribution in [0.15, 0.2) is 15.9 Å². The average Bonchev–Trinajstić information content (AvgIpc) is 2.87.